The van der Waals surface area contributed by atoms with Gasteiger partial charge in [0.15, 0.2) is 29.0 Å². The number of fused-ring (bicyclic) bond motifs is 2. The van der Waals surface area contributed by atoms with Crippen LogP contribution in [0.1, 0.15) is 25.6 Å². The molecule has 0 radical (unpaired) electrons. The molecule has 2 N–H and O–H groups in total. The van der Waals surface area contributed by atoms with Crippen molar-refractivity contribution in [2.45, 2.75) is 50.6 Å². The van der Waals surface area contributed by atoms with Crippen LogP contribution in [0.5, 0.6) is 0 Å². The fourth-order valence-corrected chi connectivity index (χ4v) is 4.36. The van der Waals surface area contributed by atoms with E-state index in [4.69, 9.17) is 25.8 Å². The predicted octanol–water partition coefficient (Wildman–Crippen LogP) is 2.54. The molecule has 1 aromatic carbocycles. The number of aliphatic hydroxyl groups excluding tert-OH is 1. The molecule has 2 aliphatic heterocycles. The molecule has 0 amide bonds. The molecule has 2 saturated heterocycles. The molecule has 31 heavy (non-hydrogen) atoms. The third-order valence-electron chi connectivity index (χ3n) is 5.52. The molecule has 4 heterocycles. The lowest BCUT2D eigenvalue weighted by Gasteiger charge is -2.24. The van der Waals surface area contributed by atoms with Crippen molar-refractivity contribution in [3.8, 4) is 0 Å². The highest BCUT2D eigenvalue weighted by molar-refractivity contribution is 6.28. The van der Waals surface area contributed by atoms with Crippen LogP contribution in [0.15, 0.2) is 36.7 Å². The van der Waals surface area contributed by atoms with E-state index in [1.807, 2.05) is 32.0 Å². The zero-order chi connectivity index (χ0) is 21.6. The number of imidazole rings is 1. The number of rotatable bonds is 6. The zero-order valence-corrected chi connectivity index (χ0v) is 18.0. The molecule has 0 saturated carbocycles. The summed E-state index contributed by atoms with van der Waals surface area (Å²) in [4.78, 5) is 13.2. The topological polar surface area (TPSA) is 104 Å². The molecule has 9 nitrogen and oxygen atoms in total. The molecule has 2 aromatic heterocycles. The van der Waals surface area contributed by atoms with Gasteiger partial charge in [-0.05, 0) is 37.4 Å². The molecule has 5 rings (SSSR count). The number of hydrogen-bond acceptors (Lipinski definition) is 8. The molecule has 0 aliphatic carbocycles. The Hall–Kier alpha value is -2.30. The number of hydrogen-bond donors (Lipinski definition) is 2. The second-order valence-electron chi connectivity index (χ2n) is 8.14. The van der Waals surface area contributed by atoms with Gasteiger partial charge in [0.05, 0.1) is 12.9 Å². The molecule has 0 unspecified atom stereocenters. The van der Waals surface area contributed by atoms with Crippen molar-refractivity contribution in [2.24, 2.45) is 0 Å². The van der Waals surface area contributed by atoms with E-state index in [0.29, 0.717) is 23.5 Å². The van der Waals surface area contributed by atoms with Crippen molar-refractivity contribution in [1.29, 1.82) is 0 Å². The monoisotopic (exact) mass is 445 g/mol. The molecular formula is C21H24ClN5O4. The summed E-state index contributed by atoms with van der Waals surface area (Å²) < 4.78 is 19.8. The summed E-state index contributed by atoms with van der Waals surface area (Å²) in [6, 6.07) is 10.2. The highest BCUT2D eigenvalue weighted by Gasteiger charge is 2.56. The van der Waals surface area contributed by atoms with Crippen LogP contribution in [0, 0.1) is 0 Å². The molecule has 10 heteroatoms. The highest BCUT2D eigenvalue weighted by atomic mass is 35.5. The van der Waals surface area contributed by atoms with E-state index in [1.165, 1.54) is 5.56 Å². The summed E-state index contributed by atoms with van der Waals surface area (Å²) in [5.41, 5.74) is 2.33. The molecule has 3 aromatic rings. The van der Waals surface area contributed by atoms with Gasteiger partial charge in [0, 0.05) is 6.54 Å². The number of aromatic nitrogens is 4. The second kappa shape index (κ2) is 7.99. The van der Waals surface area contributed by atoms with Crippen LogP contribution >= 0.6 is 11.6 Å². The highest BCUT2D eigenvalue weighted by Crippen LogP contribution is 2.43. The van der Waals surface area contributed by atoms with Crippen molar-refractivity contribution < 1.29 is 19.3 Å². The van der Waals surface area contributed by atoms with Crippen LogP contribution in [0.25, 0.3) is 11.2 Å². The normalized spacial score (nSPS) is 27.0. The Bertz CT molecular complexity index is 1080. The first-order valence-corrected chi connectivity index (χ1v) is 10.6. The van der Waals surface area contributed by atoms with Crippen LogP contribution in [0.4, 0.5) is 5.82 Å². The van der Waals surface area contributed by atoms with Crippen LogP contribution in [0.2, 0.25) is 5.28 Å². The first-order chi connectivity index (χ1) is 14.9. The minimum atomic E-state index is -0.766. The van der Waals surface area contributed by atoms with Gasteiger partial charge >= 0.3 is 0 Å². The fraction of sp³-hybridized carbons (Fsp3) is 0.476. The lowest BCUT2D eigenvalue weighted by Crippen LogP contribution is -2.31. The molecule has 0 bridgehead atoms. The van der Waals surface area contributed by atoms with Crippen LogP contribution in [-0.2, 0) is 20.6 Å². The number of anilines is 1. The summed E-state index contributed by atoms with van der Waals surface area (Å²) in [5, 5.41) is 13.2. The van der Waals surface area contributed by atoms with Crippen molar-refractivity contribution in [3.63, 3.8) is 0 Å². The summed E-state index contributed by atoms with van der Waals surface area (Å²) in [6.07, 6.45) is 0.607. The van der Waals surface area contributed by atoms with Crippen LogP contribution in [-0.4, -0.2) is 61.9 Å². The number of aliphatic hydroxyl groups is 1. The van der Waals surface area contributed by atoms with Crippen molar-refractivity contribution in [1.82, 2.24) is 19.5 Å². The lowest BCUT2D eigenvalue weighted by molar-refractivity contribution is -0.199. The predicted molar refractivity (Wildman–Crippen MR) is 114 cm³/mol. The Morgan fingerprint density at radius 3 is 2.71 bits per heavy atom. The van der Waals surface area contributed by atoms with Gasteiger partial charge in [-0.3, -0.25) is 4.57 Å². The lowest BCUT2D eigenvalue weighted by atomic mass is 10.1. The van der Waals surface area contributed by atoms with E-state index in [9.17, 15) is 5.11 Å². The summed E-state index contributed by atoms with van der Waals surface area (Å²) in [7, 11) is 0. The maximum atomic E-state index is 9.75. The average molecular weight is 446 g/mol. The Labute approximate surface area is 184 Å². The van der Waals surface area contributed by atoms with Gasteiger partial charge in [-0.15, -0.1) is 0 Å². The molecule has 4 atom stereocenters. The van der Waals surface area contributed by atoms with Crippen LogP contribution < -0.4 is 5.32 Å². The Kier molecular flexibility index (Phi) is 5.31. The minimum absolute atomic E-state index is 0.105. The van der Waals surface area contributed by atoms with E-state index in [2.05, 4.69) is 32.4 Å². The Morgan fingerprint density at radius 2 is 1.94 bits per heavy atom. The summed E-state index contributed by atoms with van der Waals surface area (Å²) in [6.45, 7) is 4.18. The quantitative estimate of drug-likeness (QED) is 0.558. The van der Waals surface area contributed by atoms with Crippen molar-refractivity contribution in [2.75, 3.05) is 18.5 Å². The van der Waals surface area contributed by atoms with E-state index in [0.717, 1.165) is 6.42 Å². The van der Waals surface area contributed by atoms with E-state index >= 15 is 0 Å². The van der Waals surface area contributed by atoms with Gasteiger partial charge in [-0.2, -0.15) is 9.97 Å². The number of halogens is 1. The van der Waals surface area contributed by atoms with Crippen LogP contribution in [0.3, 0.4) is 0 Å². The zero-order valence-electron chi connectivity index (χ0n) is 17.2. The Balaban J connectivity index is 1.42. The molecule has 0 spiro atoms. The Morgan fingerprint density at radius 1 is 1.16 bits per heavy atom. The average Bonchev–Trinajstić information content (AvgIpc) is 3.39. The molecule has 2 aliphatic rings. The maximum Gasteiger partial charge on any atom is 0.226 e. The molecule has 164 valence electrons. The number of nitrogens with zero attached hydrogens (tertiary/aromatic N) is 4. The first-order valence-electron chi connectivity index (χ1n) is 10.2. The summed E-state index contributed by atoms with van der Waals surface area (Å²) >= 11 is 6.23. The standard InChI is InChI=1S/C21H24ClN5O4/c1-21(2)30-15-13(10-28)29-19(16(15)31-21)27-11-24-14-17(25-20(22)26-18(14)27)23-9-8-12-6-4-3-5-7-12/h3-7,11,13,15-16,19,28H,8-10H2,1-2H3,(H,23,25,26)/t13-,15-,16-,19-/m1/s1. The van der Waals surface area contributed by atoms with Gasteiger partial charge in [-0.25, -0.2) is 4.98 Å². The third kappa shape index (κ3) is 3.88. The van der Waals surface area contributed by atoms with Crippen molar-refractivity contribution in [3.05, 3.63) is 47.5 Å². The van der Waals surface area contributed by atoms with Gasteiger partial charge in [0.1, 0.15) is 18.3 Å². The molecular weight excluding hydrogens is 422 g/mol. The fourth-order valence-electron chi connectivity index (χ4n) is 4.20. The molecule has 2 fully saturated rings. The number of nitrogens with one attached hydrogen (secondary N) is 1. The van der Waals surface area contributed by atoms with Gasteiger partial charge in [-0.1, -0.05) is 30.3 Å². The van der Waals surface area contributed by atoms with Gasteiger partial charge in [0.2, 0.25) is 5.28 Å². The second-order valence-corrected chi connectivity index (χ2v) is 8.48. The largest absolute Gasteiger partial charge is 0.394 e. The third-order valence-corrected chi connectivity index (χ3v) is 5.69. The van der Waals surface area contributed by atoms with E-state index in [-0.39, 0.29) is 18.0 Å². The van der Waals surface area contributed by atoms with Crippen molar-refractivity contribution >= 4 is 28.6 Å². The maximum absolute atomic E-state index is 9.75. The van der Waals surface area contributed by atoms with E-state index < -0.39 is 24.2 Å². The number of benzene rings is 1. The minimum Gasteiger partial charge on any atom is -0.394 e. The smallest absolute Gasteiger partial charge is 0.226 e. The first kappa shape index (κ1) is 20.6. The van der Waals surface area contributed by atoms with E-state index in [1.54, 1.807) is 10.9 Å². The van der Waals surface area contributed by atoms with Gasteiger partial charge in [0.25, 0.3) is 0 Å². The van der Waals surface area contributed by atoms with Gasteiger partial charge < -0.3 is 24.6 Å². The number of ether oxygens (including phenoxy) is 3. The SMILES string of the molecule is CC1(C)O[C@@H]2[C@H](O1)[C@@H](CO)O[C@H]2n1cnc2c(NCCc3ccccc3)nc(Cl)nc21. The summed E-state index contributed by atoms with van der Waals surface area (Å²) in [5.74, 6) is -0.209.